The summed E-state index contributed by atoms with van der Waals surface area (Å²) in [7, 11) is 0. The van der Waals surface area contributed by atoms with E-state index in [0.29, 0.717) is 5.56 Å². The lowest BCUT2D eigenvalue weighted by molar-refractivity contribution is 0.155. The molecule has 0 amide bonds. The lowest BCUT2D eigenvalue weighted by Gasteiger charge is -2.38. The first kappa shape index (κ1) is 20.8. The fraction of sp³-hybridized carbons (Fsp3) is 0.760. The molecule has 27 heavy (non-hydrogen) atoms. The zero-order valence-electron chi connectivity index (χ0n) is 17.2. The fourth-order valence-corrected chi connectivity index (χ4v) is 5.72. The third kappa shape index (κ3) is 5.78. The molecule has 0 aliphatic heterocycles. The molecule has 0 aromatic heterocycles. The largest absolute Gasteiger partial charge is 0.204 e. The van der Waals surface area contributed by atoms with Crippen molar-refractivity contribution in [3.05, 3.63) is 35.4 Å². The lowest BCUT2D eigenvalue weighted by Crippen LogP contribution is -2.25. The summed E-state index contributed by atoms with van der Waals surface area (Å²) in [5.74, 6) is 1.60. The standard InChI is InChI=1S/C25H38F2/c1-2-3-4-5-6-8-19-11-13-20(14-12-19)21-15-17-22(18-16-21)23-9-7-10-24(26)25(23)27/h7,9-10,19-22H,2-6,8,11-18H2,1H3. The minimum atomic E-state index is -0.692. The van der Waals surface area contributed by atoms with Gasteiger partial charge in [0, 0.05) is 0 Å². The number of benzene rings is 1. The Labute approximate surface area is 165 Å². The van der Waals surface area contributed by atoms with Crippen LogP contribution in [0.15, 0.2) is 18.2 Å². The molecule has 3 rings (SSSR count). The summed E-state index contributed by atoms with van der Waals surface area (Å²) in [6, 6.07) is 4.67. The SMILES string of the molecule is CCCCCCCC1CCC(C2CCC(c3cccc(F)c3F)CC2)CC1. The van der Waals surface area contributed by atoms with Crippen molar-refractivity contribution in [2.45, 2.75) is 103 Å². The Balaban J connectivity index is 1.38. The predicted octanol–water partition coefficient (Wildman–Crippen LogP) is 8.41. The van der Waals surface area contributed by atoms with Crippen LogP contribution in [-0.2, 0) is 0 Å². The number of unbranched alkanes of at least 4 members (excludes halogenated alkanes) is 4. The predicted molar refractivity (Wildman–Crippen MR) is 110 cm³/mol. The van der Waals surface area contributed by atoms with Crippen LogP contribution < -0.4 is 0 Å². The molecule has 0 radical (unpaired) electrons. The molecule has 2 aliphatic rings. The van der Waals surface area contributed by atoms with E-state index in [9.17, 15) is 8.78 Å². The van der Waals surface area contributed by atoms with Crippen LogP contribution in [0.5, 0.6) is 0 Å². The van der Waals surface area contributed by atoms with E-state index < -0.39 is 11.6 Å². The van der Waals surface area contributed by atoms with Gasteiger partial charge in [-0.05, 0) is 73.8 Å². The third-order valence-corrected chi connectivity index (χ3v) is 7.47. The summed E-state index contributed by atoms with van der Waals surface area (Å²) < 4.78 is 27.6. The second kappa shape index (κ2) is 10.6. The average Bonchev–Trinajstić information content (AvgIpc) is 2.71. The minimum Gasteiger partial charge on any atom is -0.204 e. The molecule has 0 heterocycles. The van der Waals surface area contributed by atoms with Crippen LogP contribution in [-0.4, -0.2) is 0 Å². The number of hydrogen-bond acceptors (Lipinski definition) is 0. The molecule has 0 atom stereocenters. The van der Waals surface area contributed by atoms with Crippen LogP contribution in [0.4, 0.5) is 8.78 Å². The minimum absolute atomic E-state index is 0.219. The number of rotatable bonds is 8. The number of hydrogen-bond donors (Lipinski definition) is 0. The molecular weight excluding hydrogens is 338 g/mol. The van der Waals surface area contributed by atoms with Crippen molar-refractivity contribution in [2.24, 2.45) is 17.8 Å². The Hall–Kier alpha value is -0.920. The van der Waals surface area contributed by atoms with Crippen molar-refractivity contribution in [3.8, 4) is 0 Å². The molecule has 152 valence electrons. The molecule has 2 heteroatoms. The second-order valence-electron chi connectivity index (χ2n) is 9.24. The topological polar surface area (TPSA) is 0 Å². The van der Waals surface area contributed by atoms with Crippen LogP contribution in [0.1, 0.15) is 108 Å². The van der Waals surface area contributed by atoms with E-state index >= 15 is 0 Å². The van der Waals surface area contributed by atoms with Crippen molar-refractivity contribution < 1.29 is 8.78 Å². The van der Waals surface area contributed by atoms with Gasteiger partial charge in [0.15, 0.2) is 11.6 Å². The van der Waals surface area contributed by atoms with Gasteiger partial charge in [0.25, 0.3) is 0 Å². The first-order valence-electron chi connectivity index (χ1n) is 11.6. The van der Waals surface area contributed by atoms with Gasteiger partial charge in [0.1, 0.15) is 0 Å². The first-order valence-corrected chi connectivity index (χ1v) is 11.6. The lowest BCUT2D eigenvalue weighted by atomic mass is 9.68. The van der Waals surface area contributed by atoms with Crippen LogP contribution in [0, 0.1) is 29.4 Å². The number of halogens is 2. The quantitative estimate of drug-likeness (QED) is 0.399. The molecule has 1 aromatic carbocycles. The van der Waals surface area contributed by atoms with Crippen LogP contribution >= 0.6 is 0 Å². The summed E-state index contributed by atoms with van der Waals surface area (Å²) in [4.78, 5) is 0. The summed E-state index contributed by atoms with van der Waals surface area (Å²) in [5, 5.41) is 0. The van der Waals surface area contributed by atoms with Crippen molar-refractivity contribution in [2.75, 3.05) is 0 Å². The zero-order chi connectivity index (χ0) is 19.1. The fourth-order valence-electron chi connectivity index (χ4n) is 5.72. The van der Waals surface area contributed by atoms with Gasteiger partial charge in [0.05, 0.1) is 0 Å². The summed E-state index contributed by atoms with van der Waals surface area (Å²) in [6.07, 6.45) is 18.6. The molecule has 2 fully saturated rings. The van der Waals surface area contributed by atoms with Gasteiger partial charge in [-0.25, -0.2) is 8.78 Å². The Kier molecular flexibility index (Phi) is 8.15. The van der Waals surface area contributed by atoms with Gasteiger partial charge in [-0.2, -0.15) is 0 Å². The Morgan fingerprint density at radius 3 is 2.07 bits per heavy atom. The zero-order valence-corrected chi connectivity index (χ0v) is 17.2. The molecule has 0 saturated heterocycles. The van der Waals surface area contributed by atoms with Gasteiger partial charge in [-0.3, -0.25) is 0 Å². The van der Waals surface area contributed by atoms with E-state index in [1.807, 2.05) is 0 Å². The van der Waals surface area contributed by atoms with E-state index in [0.717, 1.165) is 30.6 Å². The Morgan fingerprint density at radius 2 is 1.41 bits per heavy atom. The highest BCUT2D eigenvalue weighted by atomic mass is 19.2. The first-order chi connectivity index (χ1) is 13.2. The van der Waals surface area contributed by atoms with Crippen molar-refractivity contribution in [3.63, 3.8) is 0 Å². The highest BCUT2D eigenvalue weighted by molar-refractivity contribution is 5.23. The highest BCUT2D eigenvalue weighted by Crippen LogP contribution is 2.45. The summed E-state index contributed by atoms with van der Waals surface area (Å²) >= 11 is 0. The summed E-state index contributed by atoms with van der Waals surface area (Å²) in [6.45, 7) is 2.28. The maximum atomic E-state index is 14.1. The Morgan fingerprint density at radius 1 is 0.778 bits per heavy atom. The summed E-state index contributed by atoms with van der Waals surface area (Å²) in [5.41, 5.74) is 0.611. The second-order valence-corrected chi connectivity index (χ2v) is 9.24. The smallest absolute Gasteiger partial charge is 0.162 e. The molecule has 2 saturated carbocycles. The van der Waals surface area contributed by atoms with E-state index in [1.54, 1.807) is 12.1 Å². The normalized spacial score (nSPS) is 29.0. The molecule has 0 nitrogen and oxygen atoms in total. The highest BCUT2D eigenvalue weighted by Gasteiger charge is 2.32. The van der Waals surface area contributed by atoms with Crippen LogP contribution in [0.3, 0.4) is 0 Å². The van der Waals surface area contributed by atoms with Gasteiger partial charge in [0.2, 0.25) is 0 Å². The van der Waals surface area contributed by atoms with Gasteiger partial charge < -0.3 is 0 Å². The van der Waals surface area contributed by atoms with Crippen LogP contribution in [0.2, 0.25) is 0 Å². The van der Waals surface area contributed by atoms with Gasteiger partial charge in [-0.1, -0.05) is 70.4 Å². The average molecular weight is 377 g/mol. The van der Waals surface area contributed by atoms with Crippen LogP contribution in [0.25, 0.3) is 0 Å². The molecular formula is C25H38F2. The molecule has 0 spiro atoms. The van der Waals surface area contributed by atoms with E-state index in [2.05, 4.69) is 6.92 Å². The molecule has 0 N–H and O–H groups in total. The van der Waals surface area contributed by atoms with E-state index in [4.69, 9.17) is 0 Å². The molecule has 0 bridgehead atoms. The van der Waals surface area contributed by atoms with Crippen molar-refractivity contribution in [1.82, 2.24) is 0 Å². The molecule has 2 aliphatic carbocycles. The van der Waals surface area contributed by atoms with Crippen molar-refractivity contribution >= 4 is 0 Å². The van der Waals surface area contributed by atoms with E-state index in [1.165, 1.54) is 83.1 Å². The van der Waals surface area contributed by atoms with Crippen molar-refractivity contribution in [1.29, 1.82) is 0 Å². The maximum absolute atomic E-state index is 14.1. The van der Waals surface area contributed by atoms with Gasteiger partial charge in [-0.15, -0.1) is 0 Å². The maximum Gasteiger partial charge on any atom is 0.162 e. The molecule has 0 unspecified atom stereocenters. The third-order valence-electron chi connectivity index (χ3n) is 7.47. The monoisotopic (exact) mass is 376 g/mol. The Bertz CT molecular complexity index is 551. The van der Waals surface area contributed by atoms with E-state index in [-0.39, 0.29) is 5.92 Å². The van der Waals surface area contributed by atoms with Gasteiger partial charge >= 0.3 is 0 Å². The molecule has 1 aromatic rings.